The van der Waals surface area contributed by atoms with E-state index in [9.17, 15) is 13.2 Å². The Kier molecular flexibility index (Phi) is 8.62. The lowest BCUT2D eigenvalue weighted by Gasteiger charge is -2.22. The molecule has 2 aromatic carbocycles. The topological polar surface area (TPSA) is 73.8 Å². The van der Waals surface area contributed by atoms with Crippen LogP contribution in [0.15, 0.2) is 72.7 Å². The number of halogens is 1. The second kappa shape index (κ2) is 11.2. The summed E-state index contributed by atoms with van der Waals surface area (Å²) in [6, 6.07) is 11.5. The van der Waals surface area contributed by atoms with Crippen molar-refractivity contribution in [2.24, 2.45) is 0 Å². The quantitative estimate of drug-likeness (QED) is 0.349. The number of nitrogens with zero attached hydrogens (tertiary/aromatic N) is 4. The van der Waals surface area contributed by atoms with Gasteiger partial charge in [-0.25, -0.2) is 13.4 Å². The van der Waals surface area contributed by atoms with Crippen LogP contribution in [0.4, 0.5) is 5.13 Å². The molecule has 7 nitrogen and oxygen atoms in total. The second-order valence-corrected chi connectivity index (χ2v) is 11.1. The Hall–Kier alpha value is -2.56. The van der Waals surface area contributed by atoms with E-state index < -0.39 is 10.0 Å². The molecule has 10 heteroatoms. The highest BCUT2D eigenvalue weighted by atomic mass is 35.5. The van der Waals surface area contributed by atoms with Gasteiger partial charge in [0.05, 0.1) is 14.6 Å². The van der Waals surface area contributed by atoms with Crippen molar-refractivity contribution in [2.45, 2.75) is 4.90 Å². The molecule has 1 heterocycles. The molecule has 0 saturated heterocycles. The Morgan fingerprint density at radius 1 is 1.06 bits per heavy atom. The largest absolute Gasteiger partial charge is 0.308 e. The maximum atomic E-state index is 13.5. The van der Waals surface area contributed by atoms with Gasteiger partial charge in [0.1, 0.15) is 5.52 Å². The summed E-state index contributed by atoms with van der Waals surface area (Å²) in [6.45, 7) is 8.60. The minimum atomic E-state index is -3.75. The lowest BCUT2D eigenvalue weighted by atomic mass is 10.2. The summed E-state index contributed by atoms with van der Waals surface area (Å²) >= 11 is 7.68. The fourth-order valence-corrected chi connectivity index (χ4v) is 5.91. The molecule has 0 N–H and O–H groups in total. The van der Waals surface area contributed by atoms with Gasteiger partial charge in [-0.1, -0.05) is 41.2 Å². The van der Waals surface area contributed by atoms with Crippen LogP contribution in [-0.4, -0.2) is 68.8 Å². The standard InChI is InChI=1S/C24H27ClN4O3S2/c1-5-14-28(15-6-2)34(31,32)19-12-10-18(11-13-19)23(30)29(17-16-27(3)4)24-26-22-20(25)8-7-9-21(22)33-24/h5-13H,1-2,14-17H2,3-4H3. The summed E-state index contributed by atoms with van der Waals surface area (Å²) in [6.07, 6.45) is 3.04. The van der Waals surface area contributed by atoms with Crippen molar-refractivity contribution in [3.8, 4) is 0 Å². The number of hydrogen-bond donors (Lipinski definition) is 0. The molecule has 0 aliphatic rings. The zero-order valence-electron chi connectivity index (χ0n) is 19.1. The van der Waals surface area contributed by atoms with Gasteiger partial charge in [0.2, 0.25) is 10.0 Å². The third kappa shape index (κ3) is 5.73. The minimum absolute atomic E-state index is 0.0966. The van der Waals surface area contributed by atoms with Crippen LogP contribution in [-0.2, 0) is 10.0 Å². The SMILES string of the molecule is C=CCN(CC=C)S(=O)(=O)c1ccc(C(=O)N(CCN(C)C)c2nc3c(Cl)cccc3s2)cc1. The molecule has 0 aliphatic carbocycles. The van der Waals surface area contributed by atoms with Gasteiger partial charge in [-0.2, -0.15) is 4.31 Å². The van der Waals surface area contributed by atoms with Gasteiger partial charge in [0, 0.05) is 31.7 Å². The number of likely N-dealkylation sites (N-methyl/N-ethyl adjacent to an activating group) is 1. The lowest BCUT2D eigenvalue weighted by Crippen LogP contribution is -2.36. The van der Waals surface area contributed by atoms with Gasteiger partial charge in [0.15, 0.2) is 5.13 Å². The molecule has 0 unspecified atom stereocenters. The first-order valence-electron chi connectivity index (χ1n) is 10.5. The number of aromatic nitrogens is 1. The molecule has 0 bridgehead atoms. The van der Waals surface area contributed by atoms with Crippen LogP contribution in [0.5, 0.6) is 0 Å². The van der Waals surface area contributed by atoms with Gasteiger partial charge in [-0.15, -0.1) is 13.2 Å². The average Bonchev–Trinajstić information content (AvgIpc) is 3.24. The van der Waals surface area contributed by atoms with Crippen LogP contribution >= 0.6 is 22.9 Å². The molecule has 1 aromatic heterocycles. The number of carbonyl (C=O) groups is 1. The van der Waals surface area contributed by atoms with Gasteiger partial charge < -0.3 is 4.90 Å². The number of rotatable bonds is 11. The lowest BCUT2D eigenvalue weighted by molar-refractivity contribution is 0.0985. The van der Waals surface area contributed by atoms with E-state index >= 15 is 0 Å². The van der Waals surface area contributed by atoms with Crippen molar-refractivity contribution in [1.29, 1.82) is 0 Å². The fourth-order valence-electron chi connectivity index (χ4n) is 3.24. The average molecular weight is 519 g/mol. The van der Waals surface area contributed by atoms with Gasteiger partial charge in [0.25, 0.3) is 5.91 Å². The molecule has 0 saturated carbocycles. The minimum Gasteiger partial charge on any atom is -0.308 e. The highest BCUT2D eigenvalue weighted by Crippen LogP contribution is 2.33. The number of fused-ring (bicyclic) bond motifs is 1. The third-order valence-corrected chi connectivity index (χ3v) is 8.20. The first-order chi connectivity index (χ1) is 16.2. The molecule has 3 rings (SSSR count). The predicted octanol–water partition coefficient (Wildman–Crippen LogP) is 4.52. The van der Waals surface area contributed by atoms with E-state index in [0.29, 0.717) is 34.3 Å². The van der Waals surface area contributed by atoms with E-state index in [1.54, 1.807) is 11.0 Å². The zero-order valence-corrected chi connectivity index (χ0v) is 21.5. The van der Waals surface area contributed by atoms with Crippen molar-refractivity contribution in [1.82, 2.24) is 14.2 Å². The monoisotopic (exact) mass is 518 g/mol. The number of thiazole rings is 1. The molecule has 1 amide bonds. The maximum Gasteiger partial charge on any atom is 0.260 e. The Morgan fingerprint density at radius 2 is 1.71 bits per heavy atom. The second-order valence-electron chi connectivity index (χ2n) is 7.77. The number of amides is 1. The molecule has 3 aromatic rings. The van der Waals surface area contributed by atoms with Crippen LogP contribution in [0, 0.1) is 0 Å². The van der Waals surface area contributed by atoms with Crippen molar-refractivity contribution < 1.29 is 13.2 Å². The van der Waals surface area contributed by atoms with Crippen molar-refractivity contribution in [3.05, 3.63) is 78.4 Å². The molecule has 0 spiro atoms. The van der Waals surface area contributed by atoms with Gasteiger partial charge in [-0.3, -0.25) is 9.69 Å². The van der Waals surface area contributed by atoms with E-state index in [-0.39, 0.29) is 23.9 Å². The zero-order chi connectivity index (χ0) is 24.9. The molecule has 0 radical (unpaired) electrons. The summed E-state index contributed by atoms with van der Waals surface area (Å²) < 4.78 is 28.1. The van der Waals surface area contributed by atoms with E-state index in [1.165, 1.54) is 52.1 Å². The molecule has 180 valence electrons. The fraction of sp³-hybridized carbons (Fsp3) is 0.250. The first-order valence-corrected chi connectivity index (χ1v) is 13.2. The van der Waals surface area contributed by atoms with Crippen molar-refractivity contribution in [2.75, 3.05) is 45.2 Å². The highest BCUT2D eigenvalue weighted by Gasteiger charge is 2.25. The summed E-state index contributed by atoms with van der Waals surface area (Å²) in [4.78, 5) is 21.8. The van der Waals surface area contributed by atoms with E-state index in [1.807, 2.05) is 31.1 Å². The van der Waals surface area contributed by atoms with Crippen molar-refractivity contribution >= 4 is 54.2 Å². The number of sulfonamides is 1. The first kappa shape index (κ1) is 26.1. The van der Waals surface area contributed by atoms with Gasteiger partial charge >= 0.3 is 0 Å². The number of anilines is 1. The summed E-state index contributed by atoms with van der Waals surface area (Å²) in [5.41, 5.74) is 1.01. The number of benzene rings is 2. The molecular formula is C24H27ClN4O3S2. The van der Waals surface area contributed by atoms with E-state index in [2.05, 4.69) is 18.1 Å². The number of carbonyl (C=O) groups excluding carboxylic acids is 1. The normalized spacial score (nSPS) is 11.8. The molecule has 34 heavy (non-hydrogen) atoms. The molecule has 0 aliphatic heterocycles. The maximum absolute atomic E-state index is 13.5. The van der Waals surface area contributed by atoms with E-state index in [4.69, 9.17) is 11.6 Å². The van der Waals surface area contributed by atoms with Crippen LogP contribution in [0.3, 0.4) is 0 Å². The Labute approximate surface area is 209 Å². The summed E-state index contributed by atoms with van der Waals surface area (Å²) in [5, 5.41) is 1.06. The number of para-hydroxylation sites is 1. The van der Waals surface area contributed by atoms with Crippen LogP contribution < -0.4 is 4.90 Å². The predicted molar refractivity (Wildman–Crippen MR) is 140 cm³/mol. The Bertz CT molecular complexity index is 1280. The van der Waals surface area contributed by atoms with Gasteiger partial charge in [-0.05, 0) is 50.5 Å². The summed E-state index contributed by atoms with van der Waals surface area (Å²) in [5.74, 6) is -0.269. The van der Waals surface area contributed by atoms with Crippen LogP contribution in [0.1, 0.15) is 10.4 Å². The van der Waals surface area contributed by atoms with Crippen molar-refractivity contribution in [3.63, 3.8) is 0 Å². The van der Waals surface area contributed by atoms with Crippen LogP contribution in [0.25, 0.3) is 10.2 Å². The molecule has 0 atom stereocenters. The number of hydrogen-bond acceptors (Lipinski definition) is 6. The van der Waals surface area contributed by atoms with Crippen LogP contribution in [0.2, 0.25) is 5.02 Å². The molecule has 0 fully saturated rings. The van der Waals surface area contributed by atoms with E-state index in [0.717, 1.165) is 4.70 Å². The summed E-state index contributed by atoms with van der Waals surface area (Å²) in [7, 11) is 0.103. The smallest absolute Gasteiger partial charge is 0.260 e. The highest BCUT2D eigenvalue weighted by molar-refractivity contribution is 7.89. The Balaban J connectivity index is 1.94. The Morgan fingerprint density at radius 3 is 2.26 bits per heavy atom. The molecular weight excluding hydrogens is 492 g/mol. The third-order valence-electron chi connectivity index (χ3n) is 5.01.